The Hall–Kier alpha value is -2.98. The second-order valence-corrected chi connectivity index (χ2v) is 9.36. The molecule has 1 unspecified atom stereocenters. The summed E-state index contributed by atoms with van der Waals surface area (Å²) < 4.78 is 12.9. The molecule has 1 aromatic carbocycles. The topological polar surface area (TPSA) is 101 Å². The van der Waals surface area contributed by atoms with Crippen molar-refractivity contribution < 1.29 is 9.47 Å². The van der Waals surface area contributed by atoms with Crippen molar-refractivity contribution in [2.75, 3.05) is 47.4 Å². The first-order valence-corrected chi connectivity index (χ1v) is 12.1. The number of nitrogens with one attached hydrogen (secondary N) is 1. The van der Waals surface area contributed by atoms with Gasteiger partial charge in [0.05, 0.1) is 25.8 Å². The first kappa shape index (κ1) is 22.8. The summed E-state index contributed by atoms with van der Waals surface area (Å²) in [5.41, 5.74) is 1.22. The van der Waals surface area contributed by atoms with E-state index in [0.717, 1.165) is 50.2 Å². The van der Waals surface area contributed by atoms with E-state index in [2.05, 4.69) is 37.4 Å². The molecule has 0 spiro atoms. The van der Waals surface area contributed by atoms with Gasteiger partial charge in [0.25, 0.3) is 5.56 Å². The highest BCUT2D eigenvalue weighted by Gasteiger charge is 2.34. The Labute approximate surface area is 198 Å². The van der Waals surface area contributed by atoms with Crippen LogP contribution in [0.3, 0.4) is 0 Å². The predicted molar refractivity (Wildman–Crippen MR) is 129 cm³/mol. The number of hydrogen-bond acceptors (Lipinski definition) is 8. The van der Waals surface area contributed by atoms with Gasteiger partial charge in [-0.3, -0.25) is 9.69 Å². The largest absolute Gasteiger partial charge is 0.493 e. The zero-order valence-corrected chi connectivity index (χ0v) is 20.2. The number of rotatable bonds is 6. The highest BCUT2D eigenvalue weighted by Crippen LogP contribution is 2.35. The van der Waals surface area contributed by atoms with E-state index in [9.17, 15) is 4.79 Å². The summed E-state index contributed by atoms with van der Waals surface area (Å²) in [4.78, 5) is 21.2. The number of nitrogens with zero attached hydrogens (tertiary/aromatic N) is 6. The Morgan fingerprint density at radius 2 is 1.71 bits per heavy atom. The molecule has 10 heteroatoms. The van der Waals surface area contributed by atoms with Gasteiger partial charge in [-0.25, -0.2) is 4.68 Å². The third-order valence-electron chi connectivity index (χ3n) is 7.26. The van der Waals surface area contributed by atoms with Gasteiger partial charge in [-0.2, -0.15) is 0 Å². The van der Waals surface area contributed by atoms with Crippen molar-refractivity contribution in [2.45, 2.75) is 44.2 Å². The Balaban J connectivity index is 1.63. The fourth-order valence-corrected chi connectivity index (χ4v) is 5.30. The van der Waals surface area contributed by atoms with Crippen LogP contribution in [0.1, 0.15) is 55.6 Å². The molecule has 2 aromatic heterocycles. The van der Waals surface area contributed by atoms with Gasteiger partial charge >= 0.3 is 0 Å². The van der Waals surface area contributed by atoms with Crippen molar-refractivity contribution in [3.8, 4) is 11.5 Å². The maximum Gasteiger partial charge on any atom is 0.253 e. The van der Waals surface area contributed by atoms with Gasteiger partial charge in [0.1, 0.15) is 6.04 Å². The number of tetrazole rings is 1. The molecule has 1 aliphatic heterocycles. The molecule has 2 fully saturated rings. The number of benzene rings is 1. The van der Waals surface area contributed by atoms with Crippen molar-refractivity contribution in [2.24, 2.45) is 0 Å². The van der Waals surface area contributed by atoms with E-state index in [1.54, 1.807) is 20.3 Å². The Bertz CT molecular complexity index is 1190. The first-order valence-electron chi connectivity index (χ1n) is 12.1. The number of hydrogen-bond donors (Lipinski definition) is 1. The molecule has 1 aliphatic carbocycles. The van der Waals surface area contributed by atoms with E-state index in [4.69, 9.17) is 9.47 Å². The fraction of sp³-hybridized carbons (Fsp3) is 0.583. The minimum atomic E-state index is -0.327. The molecule has 0 radical (unpaired) electrons. The van der Waals surface area contributed by atoms with Crippen LogP contribution in [0.4, 0.5) is 0 Å². The number of likely N-dealkylation sites (N-methyl/N-ethyl adjacent to an activating group) is 1. The van der Waals surface area contributed by atoms with Crippen LogP contribution in [0.5, 0.6) is 11.5 Å². The molecule has 1 N–H and O–H groups in total. The third-order valence-corrected chi connectivity index (χ3v) is 7.26. The second-order valence-electron chi connectivity index (χ2n) is 9.36. The molecule has 182 valence electrons. The van der Waals surface area contributed by atoms with Crippen LogP contribution >= 0.6 is 0 Å². The molecule has 3 aromatic rings. The number of H-pyrrole nitrogens is 1. The molecular weight excluding hydrogens is 434 g/mol. The molecule has 0 amide bonds. The van der Waals surface area contributed by atoms with Gasteiger partial charge < -0.3 is 19.4 Å². The van der Waals surface area contributed by atoms with Gasteiger partial charge in [-0.1, -0.05) is 19.3 Å². The number of piperazine rings is 1. The fourth-order valence-electron chi connectivity index (χ4n) is 5.30. The number of pyridine rings is 1. The van der Waals surface area contributed by atoms with Crippen LogP contribution in [0, 0.1) is 0 Å². The van der Waals surface area contributed by atoms with E-state index in [1.807, 2.05) is 16.8 Å². The lowest BCUT2D eigenvalue weighted by atomic mass is 9.95. The summed E-state index contributed by atoms with van der Waals surface area (Å²) in [5, 5.41) is 13.9. The molecule has 1 saturated carbocycles. The van der Waals surface area contributed by atoms with Gasteiger partial charge in [0.15, 0.2) is 17.3 Å². The van der Waals surface area contributed by atoms with Crippen LogP contribution in [0.15, 0.2) is 23.0 Å². The lowest BCUT2D eigenvalue weighted by Crippen LogP contribution is -2.47. The summed E-state index contributed by atoms with van der Waals surface area (Å²) in [7, 11) is 5.33. The standard InChI is InChI=1S/C24H33N7O3/c1-29-9-11-30(12-10-29)22(23-26-27-28-31(23)17-7-5-4-6-8-17)18-13-16-14-20(33-2)21(34-3)15-19(16)25-24(18)32/h13-15,17,22H,4-12H2,1-3H3,(H,25,32). The Morgan fingerprint density at radius 1 is 1.00 bits per heavy atom. The zero-order chi connectivity index (χ0) is 23.7. The lowest BCUT2D eigenvalue weighted by Gasteiger charge is -2.37. The highest BCUT2D eigenvalue weighted by atomic mass is 16.5. The van der Waals surface area contributed by atoms with Gasteiger partial charge in [-0.15, -0.1) is 5.10 Å². The van der Waals surface area contributed by atoms with Crippen molar-refractivity contribution >= 4 is 10.9 Å². The molecule has 1 atom stereocenters. The average Bonchev–Trinajstić information content (AvgIpc) is 3.35. The summed E-state index contributed by atoms with van der Waals surface area (Å²) in [6.07, 6.45) is 5.76. The summed E-state index contributed by atoms with van der Waals surface area (Å²) >= 11 is 0. The SMILES string of the molecule is COc1cc2cc(C(c3nnnn3C3CCCCC3)N3CCN(C)CC3)c(=O)[nH]c2cc1OC. The summed E-state index contributed by atoms with van der Waals surface area (Å²) in [6.45, 7) is 3.53. The van der Waals surface area contributed by atoms with Crippen molar-refractivity contribution in [1.29, 1.82) is 0 Å². The van der Waals surface area contributed by atoms with Gasteiger partial charge in [0, 0.05) is 43.2 Å². The van der Waals surface area contributed by atoms with E-state index < -0.39 is 0 Å². The zero-order valence-electron chi connectivity index (χ0n) is 20.2. The summed E-state index contributed by atoms with van der Waals surface area (Å²) in [5.74, 6) is 1.95. The molecule has 1 saturated heterocycles. The van der Waals surface area contributed by atoms with Crippen LogP contribution in [0.2, 0.25) is 0 Å². The first-order chi connectivity index (χ1) is 16.6. The normalized spacial score (nSPS) is 19.4. The number of ether oxygens (including phenoxy) is 2. The monoisotopic (exact) mass is 467 g/mol. The minimum Gasteiger partial charge on any atom is -0.493 e. The number of aromatic nitrogens is 5. The molecule has 5 rings (SSSR count). The number of fused-ring (bicyclic) bond motifs is 1. The third kappa shape index (κ3) is 4.27. The maximum atomic E-state index is 13.5. The molecule has 0 bridgehead atoms. The quantitative estimate of drug-likeness (QED) is 0.590. The maximum absolute atomic E-state index is 13.5. The Kier molecular flexibility index (Phi) is 6.51. The molecule has 3 heterocycles. The van der Waals surface area contributed by atoms with Gasteiger partial charge in [0.2, 0.25) is 0 Å². The summed E-state index contributed by atoms with van der Waals surface area (Å²) in [6, 6.07) is 5.61. The predicted octanol–water partition coefficient (Wildman–Crippen LogP) is 2.37. The van der Waals surface area contributed by atoms with Crippen LogP contribution in [0.25, 0.3) is 10.9 Å². The molecule has 10 nitrogen and oxygen atoms in total. The average molecular weight is 468 g/mol. The van der Waals surface area contributed by atoms with E-state index in [-0.39, 0.29) is 17.6 Å². The van der Waals surface area contributed by atoms with Gasteiger partial charge in [-0.05, 0) is 42.4 Å². The van der Waals surface area contributed by atoms with Crippen molar-refractivity contribution in [3.63, 3.8) is 0 Å². The molecule has 34 heavy (non-hydrogen) atoms. The number of aromatic amines is 1. The number of methoxy groups -OCH3 is 2. The smallest absolute Gasteiger partial charge is 0.253 e. The van der Waals surface area contributed by atoms with Crippen molar-refractivity contribution in [3.05, 3.63) is 39.9 Å². The van der Waals surface area contributed by atoms with Crippen molar-refractivity contribution in [1.82, 2.24) is 35.0 Å². The van der Waals surface area contributed by atoms with E-state index >= 15 is 0 Å². The van der Waals surface area contributed by atoms with E-state index in [0.29, 0.717) is 22.6 Å². The lowest BCUT2D eigenvalue weighted by molar-refractivity contribution is 0.119. The highest BCUT2D eigenvalue weighted by molar-refractivity contribution is 5.83. The Morgan fingerprint density at radius 3 is 2.41 bits per heavy atom. The van der Waals surface area contributed by atoms with Crippen LogP contribution in [-0.4, -0.2) is 82.4 Å². The molecule has 2 aliphatic rings. The van der Waals surface area contributed by atoms with Crippen LogP contribution in [-0.2, 0) is 0 Å². The van der Waals surface area contributed by atoms with E-state index in [1.165, 1.54) is 19.3 Å². The van der Waals surface area contributed by atoms with Crippen LogP contribution < -0.4 is 15.0 Å². The minimum absolute atomic E-state index is 0.137. The molecular formula is C24H33N7O3. The second kappa shape index (κ2) is 9.71.